The number of aryl methyl sites for hydroxylation is 1. The molecule has 2 amide bonds. The van der Waals surface area contributed by atoms with Crippen LogP contribution in [0.5, 0.6) is 0 Å². The number of rotatable bonds is 11. The van der Waals surface area contributed by atoms with Crippen LogP contribution in [0.2, 0.25) is 10.0 Å². The van der Waals surface area contributed by atoms with Crippen molar-refractivity contribution >= 4 is 35.0 Å². The summed E-state index contributed by atoms with van der Waals surface area (Å²) < 4.78 is 0. The summed E-state index contributed by atoms with van der Waals surface area (Å²) in [5, 5.41) is 4.05. The normalized spacial score (nSPS) is 13.0. The highest BCUT2D eigenvalue weighted by Crippen LogP contribution is 2.24. The van der Waals surface area contributed by atoms with Crippen molar-refractivity contribution in [3.8, 4) is 0 Å². The smallest absolute Gasteiger partial charge is 0.243 e. The molecule has 4 nitrogen and oxygen atoms in total. The van der Waals surface area contributed by atoms with E-state index in [1.165, 1.54) is 5.56 Å². The summed E-state index contributed by atoms with van der Waals surface area (Å²) in [4.78, 5) is 28.1. The van der Waals surface area contributed by atoms with Gasteiger partial charge in [-0.05, 0) is 60.9 Å². The number of hydrogen-bond donors (Lipinski definition) is 1. The first-order chi connectivity index (χ1) is 15.7. The first-order valence-corrected chi connectivity index (χ1v) is 12.5. The molecular weight excluding hydrogens is 455 g/mol. The number of carbonyl (C=O) groups is 2. The fourth-order valence-corrected chi connectivity index (χ4v) is 4.13. The zero-order valence-electron chi connectivity index (χ0n) is 20.3. The molecule has 0 aliphatic heterocycles. The summed E-state index contributed by atoms with van der Waals surface area (Å²) in [6.45, 7) is 10.5. The number of nitrogens with one attached hydrogen (secondary N) is 1. The lowest BCUT2D eigenvalue weighted by Gasteiger charge is -2.32. The van der Waals surface area contributed by atoms with Gasteiger partial charge in [0.1, 0.15) is 6.04 Å². The maximum absolute atomic E-state index is 13.4. The Hall–Kier alpha value is -2.04. The van der Waals surface area contributed by atoms with E-state index < -0.39 is 6.04 Å². The van der Waals surface area contributed by atoms with Gasteiger partial charge in [0, 0.05) is 29.1 Å². The molecule has 0 heterocycles. The Balaban J connectivity index is 2.23. The number of carbonyl (C=O) groups excluding carboxylic acids is 2. The summed E-state index contributed by atoms with van der Waals surface area (Å²) in [7, 11) is 0. The lowest BCUT2D eigenvalue weighted by molar-refractivity contribution is -0.141. The third kappa shape index (κ3) is 8.04. The molecule has 0 saturated carbocycles. The Morgan fingerprint density at radius 3 is 2.18 bits per heavy atom. The van der Waals surface area contributed by atoms with Gasteiger partial charge in [0.05, 0.1) is 0 Å². The van der Waals surface area contributed by atoms with Crippen molar-refractivity contribution in [2.75, 3.05) is 0 Å². The SMILES string of the molecule is CC[C@@H](C)NC(=O)[C@@H](CC)N(Cc1ccc(Cl)cc1Cl)C(=O)CCc1ccc(C(C)C)cc1. The molecule has 0 radical (unpaired) electrons. The number of amides is 2. The highest BCUT2D eigenvalue weighted by molar-refractivity contribution is 6.35. The Morgan fingerprint density at radius 2 is 1.64 bits per heavy atom. The van der Waals surface area contributed by atoms with Crippen LogP contribution in [-0.4, -0.2) is 28.8 Å². The summed E-state index contributed by atoms with van der Waals surface area (Å²) in [5.74, 6) is 0.265. The minimum absolute atomic E-state index is 0.0436. The molecule has 2 atom stereocenters. The second-order valence-corrected chi connectivity index (χ2v) is 9.74. The monoisotopic (exact) mass is 490 g/mol. The number of hydrogen-bond acceptors (Lipinski definition) is 2. The Labute approximate surface area is 208 Å². The maximum Gasteiger partial charge on any atom is 0.243 e. The average molecular weight is 492 g/mol. The molecule has 1 N–H and O–H groups in total. The van der Waals surface area contributed by atoms with Crippen LogP contribution in [0.25, 0.3) is 0 Å². The summed E-state index contributed by atoms with van der Waals surface area (Å²) in [5.41, 5.74) is 3.15. The van der Waals surface area contributed by atoms with E-state index in [-0.39, 0.29) is 24.4 Å². The lowest BCUT2D eigenvalue weighted by Crippen LogP contribution is -2.50. The Morgan fingerprint density at radius 1 is 0.970 bits per heavy atom. The summed E-state index contributed by atoms with van der Waals surface area (Å²) >= 11 is 12.5. The minimum Gasteiger partial charge on any atom is -0.352 e. The molecule has 0 unspecified atom stereocenters. The molecule has 0 spiro atoms. The highest BCUT2D eigenvalue weighted by atomic mass is 35.5. The predicted molar refractivity (Wildman–Crippen MR) is 138 cm³/mol. The van der Waals surface area contributed by atoms with Crippen molar-refractivity contribution < 1.29 is 9.59 Å². The van der Waals surface area contributed by atoms with Crippen LogP contribution >= 0.6 is 23.2 Å². The minimum atomic E-state index is -0.568. The van der Waals surface area contributed by atoms with Gasteiger partial charge in [-0.1, -0.05) is 81.2 Å². The fraction of sp³-hybridized carbons (Fsp3) is 0.481. The maximum atomic E-state index is 13.4. The van der Waals surface area contributed by atoms with Gasteiger partial charge in [-0.3, -0.25) is 9.59 Å². The van der Waals surface area contributed by atoms with E-state index in [0.29, 0.717) is 35.2 Å². The van der Waals surface area contributed by atoms with E-state index >= 15 is 0 Å². The first kappa shape index (κ1) is 27.2. The second kappa shape index (κ2) is 13.0. The Bertz CT molecular complexity index is 928. The average Bonchev–Trinajstić information content (AvgIpc) is 2.78. The second-order valence-electron chi connectivity index (χ2n) is 8.90. The molecule has 2 rings (SSSR count). The van der Waals surface area contributed by atoms with Gasteiger partial charge < -0.3 is 10.2 Å². The summed E-state index contributed by atoms with van der Waals surface area (Å²) in [6, 6.07) is 13.1. The molecule has 2 aromatic carbocycles. The van der Waals surface area contributed by atoms with Crippen LogP contribution in [-0.2, 0) is 22.6 Å². The van der Waals surface area contributed by atoms with E-state index in [1.807, 2.05) is 26.8 Å². The Kier molecular flexibility index (Phi) is 10.7. The number of halogens is 2. The number of nitrogens with zero attached hydrogens (tertiary/aromatic N) is 1. The van der Waals surface area contributed by atoms with Crippen LogP contribution in [0.3, 0.4) is 0 Å². The van der Waals surface area contributed by atoms with Crippen molar-refractivity contribution in [3.05, 3.63) is 69.2 Å². The van der Waals surface area contributed by atoms with Gasteiger partial charge in [0.2, 0.25) is 11.8 Å². The molecule has 180 valence electrons. The van der Waals surface area contributed by atoms with E-state index in [1.54, 1.807) is 17.0 Å². The van der Waals surface area contributed by atoms with Crippen molar-refractivity contribution in [2.24, 2.45) is 0 Å². The van der Waals surface area contributed by atoms with Crippen LogP contribution in [0, 0.1) is 0 Å². The van der Waals surface area contributed by atoms with E-state index in [9.17, 15) is 9.59 Å². The van der Waals surface area contributed by atoms with Crippen molar-refractivity contribution in [3.63, 3.8) is 0 Å². The van der Waals surface area contributed by atoms with Gasteiger partial charge in [-0.15, -0.1) is 0 Å². The molecule has 2 aromatic rings. The van der Waals surface area contributed by atoms with Gasteiger partial charge in [-0.25, -0.2) is 0 Å². The topological polar surface area (TPSA) is 49.4 Å². The van der Waals surface area contributed by atoms with Crippen molar-refractivity contribution in [1.82, 2.24) is 10.2 Å². The molecule has 0 aromatic heterocycles. The van der Waals surface area contributed by atoms with Gasteiger partial charge >= 0.3 is 0 Å². The highest BCUT2D eigenvalue weighted by Gasteiger charge is 2.29. The molecule has 33 heavy (non-hydrogen) atoms. The van der Waals surface area contributed by atoms with Gasteiger partial charge in [0.15, 0.2) is 0 Å². The molecule has 0 aliphatic carbocycles. The van der Waals surface area contributed by atoms with Gasteiger partial charge in [0.25, 0.3) is 0 Å². The molecule has 6 heteroatoms. The largest absolute Gasteiger partial charge is 0.352 e. The van der Waals surface area contributed by atoms with Crippen molar-refractivity contribution in [1.29, 1.82) is 0 Å². The zero-order chi connectivity index (χ0) is 24.5. The molecular formula is C27H36Cl2N2O2. The standard InChI is InChI=1S/C27H36Cl2N2O2/c1-6-19(5)30-27(33)25(7-2)31(17-22-13-14-23(28)16-24(22)29)26(32)15-10-20-8-11-21(12-9-20)18(3)4/h8-9,11-14,16,18-19,25H,6-7,10,15,17H2,1-5H3,(H,30,33)/t19-,25-/m1/s1. The zero-order valence-corrected chi connectivity index (χ0v) is 21.8. The summed E-state index contributed by atoms with van der Waals surface area (Å²) in [6.07, 6.45) is 2.28. The third-order valence-corrected chi connectivity index (χ3v) is 6.60. The predicted octanol–water partition coefficient (Wildman–Crippen LogP) is 6.77. The van der Waals surface area contributed by atoms with Crippen LogP contribution in [0.15, 0.2) is 42.5 Å². The fourth-order valence-electron chi connectivity index (χ4n) is 3.66. The van der Waals surface area contributed by atoms with E-state index in [2.05, 4.69) is 43.4 Å². The lowest BCUT2D eigenvalue weighted by atomic mass is 10.00. The molecule has 0 fully saturated rings. The number of benzene rings is 2. The van der Waals surface area contributed by atoms with E-state index in [4.69, 9.17) is 23.2 Å². The molecule has 0 aliphatic rings. The van der Waals surface area contributed by atoms with Crippen molar-refractivity contribution in [2.45, 2.75) is 84.8 Å². The molecule has 0 bridgehead atoms. The van der Waals surface area contributed by atoms with Crippen LogP contribution in [0.1, 0.15) is 76.5 Å². The van der Waals surface area contributed by atoms with Crippen LogP contribution < -0.4 is 5.32 Å². The van der Waals surface area contributed by atoms with Crippen LogP contribution in [0.4, 0.5) is 0 Å². The first-order valence-electron chi connectivity index (χ1n) is 11.8. The molecule has 0 saturated heterocycles. The third-order valence-electron chi connectivity index (χ3n) is 6.02. The quantitative estimate of drug-likeness (QED) is 0.377. The van der Waals surface area contributed by atoms with Gasteiger partial charge in [-0.2, -0.15) is 0 Å². The van der Waals surface area contributed by atoms with E-state index in [0.717, 1.165) is 17.5 Å².